The first-order valence-electron chi connectivity index (χ1n) is 3.09. The molecule has 0 bridgehead atoms. The van der Waals surface area contributed by atoms with E-state index in [9.17, 15) is 4.79 Å². The molecule has 0 saturated heterocycles. The molecule has 1 unspecified atom stereocenters. The van der Waals surface area contributed by atoms with Gasteiger partial charge in [0.25, 0.3) is 0 Å². The van der Waals surface area contributed by atoms with Gasteiger partial charge in [-0.3, -0.25) is 4.79 Å². The van der Waals surface area contributed by atoms with Gasteiger partial charge in [0, 0.05) is 12.0 Å². The summed E-state index contributed by atoms with van der Waals surface area (Å²) < 4.78 is 0. The molecular formula is C6H13NO3. The van der Waals surface area contributed by atoms with E-state index >= 15 is 0 Å². The Morgan fingerprint density at radius 2 is 2.20 bits per heavy atom. The minimum Gasteiger partial charge on any atom is -0.481 e. The van der Waals surface area contributed by atoms with Crippen LogP contribution in [-0.2, 0) is 4.79 Å². The van der Waals surface area contributed by atoms with Crippen LogP contribution in [-0.4, -0.2) is 28.3 Å². The van der Waals surface area contributed by atoms with E-state index in [0.29, 0.717) is 6.42 Å². The first-order chi connectivity index (χ1) is 4.48. The third-order valence-electron chi connectivity index (χ3n) is 1.27. The molecule has 10 heavy (non-hydrogen) atoms. The van der Waals surface area contributed by atoms with Crippen molar-refractivity contribution < 1.29 is 15.0 Å². The van der Waals surface area contributed by atoms with Crippen LogP contribution in [0.3, 0.4) is 0 Å². The molecule has 0 heterocycles. The van der Waals surface area contributed by atoms with E-state index in [1.54, 1.807) is 6.92 Å². The highest BCUT2D eigenvalue weighted by Crippen LogP contribution is 2.06. The van der Waals surface area contributed by atoms with Gasteiger partial charge in [-0.1, -0.05) is 0 Å². The molecule has 4 N–H and O–H groups in total. The summed E-state index contributed by atoms with van der Waals surface area (Å²) in [6.07, 6.45) is 0.312. The van der Waals surface area contributed by atoms with Crippen LogP contribution >= 0.6 is 0 Å². The van der Waals surface area contributed by atoms with Crippen LogP contribution in [0.1, 0.15) is 19.8 Å². The van der Waals surface area contributed by atoms with Gasteiger partial charge in [0.15, 0.2) is 0 Å². The fraction of sp³-hybridized carbons (Fsp3) is 0.833. The molecule has 0 radical (unpaired) electrons. The van der Waals surface area contributed by atoms with Gasteiger partial charge in [-0.2, -0.15) is 0 Å². The predicted octanol–water partition coefficient (Wildman–Crippen LogP) is -0.439. The highest BCUT2D eigenvalue weighted by Gasteiger charge is 2.17. The van der Waals surface area contributed by atoms with Crippen molar-refractivity contribution in [1.29, 1.82) is 0 Å². The Hall–Kier alpha value is -0.610. The molecule has 0 aromatic heterocycles. The summed E-state index contributed by atoms with van der Waals surface area (Å²) in [6.45, 7) is 1.44. The molecule has 1 atom stereocenters. The summed E-state index contributed by atoms with van der Waals surface area (Å²) in [5.74, 6) is -0.884. The Morgan fingerprint density at radius 1 is 1.70 bits per heavy atom. The van der Waals surface area contributed by atoms with Gasteiger partial charge in [-0.25, -0.2) is 0 Å². The molecule has 0 aromatic carbocycles. The van der Waals surface area contributed by atoms with Gasteiger partial charge < -0.3 is 15.9 Å². The van der Waals surface area contributed by atoms with E-state index in [1.807, 2.05) is 0 Å². The Morgan fingerprint density at radius 3 is 2.50 bits per heavy atom. The number of aliphatic carboxylic acids is 1. The van der Waals surface area contributed by atoms with E-state index in [-0.39, 0.29) is 13.0 Å². The van der Waals surface area contributed by atoms with Crippen LogP contribution in [0.15, 0.2) is 0 Å². The second-order valence-corrected chi connectivity index (χ2v) is 2.71. The van der Waals surface area contributed by atoms with Crippen LogP contribution < -0.4 is 5.73 Å². The lowest BCUT2D eigenvalue weighted by molar-refractivity contribution is -0.137. The minimum atomic E-state index is -0.884. The van der Waals surface area contributed by atoms with Gasteiger partial charge in [-0.15, -0.1) is 0 Å². The zero-order valence-corrected chi connectivity index (χ0v) is 6.00. The number of hydrogen-bond acceptors (Lipinski definition) is 3. The Balaban J connectivity index is 3.56. The van der Waals surface area contributed by atoms with Crippen molar-refractivity contribution in [1.82, 2.24) is 0 Å². The molecule has 0 rings (SSSR count). The van der Waals surface area contributed by atoms with Crippen molar-refractivity contribution in [2.24, 2.45) is 5.73 Å². The standard InChI is InChI=1S/C6H13NO3/c1-6(7,4-8)3-2-5(9)10/h8H,2-4,7H2,1H3,(H,9,10). The summed E-state index contributed by atoms with van der Waals surface area (Å²) in [6, 6.07) is 0. The van der Waals surface area contributed by atoms with Crippen molar-refractivity contribution in [3.63, 3.8) is 0 Å². The number of rotatable bonds is 4. The number of aliphatic hydroxyl groups excluding tert-OH is 1. The Labute approximate surface area is 59.7 Å². The average molecular weight is 147 g/mol. The second kappa shape index (κ2) is 3.53. The average Bonchev–Trinajstić information content (AvgIpc) is 1.85. The molecule has 0 aliphatic heterocycles. The maximum atomic E-state index is 10.0. The highest BCUT2D eigenvalue weighted by atomic mass is 16.4. The van der Waals surface area contributed by atoms with Gasteiger partial charge in [-0.05, 0) is 13.3 Å². The van der Waals surface area contributed by atoms with Crippen LogP contribution in [0.25, 0.3) is 0 Å². The van der Waals surface area contributed by atoms with Crippen molar-refractivity contribution in [3.05, 3.63) is 0 Å². The third kappa shape index (κ3) is 4.29. The normalized spacial score (nSPS) is 16.3. The topological polar surface area (TPSA) is 83.5 Å². The van der Waals surface area contributed by atoms with Crippen molar-refractivity contribution in [3.8, 4) is 0 Å². The number of carboxylic acids is 1. The van der Waals surface area contributed by atoms with E-state index in [1.165, 1.54) is 0 Å². The number of hydrogen-bond donors (Lipinski definition) is 3. The molecule has 0 fully saturated rings. The maximum absolute atomic E-state index is 10.0. The van der Waals surface area contributed by atoms with Crippen molar-refractivity contribution in [2.75, 3.05) is 6.61 Å². The van der Waals surface area contributed by atoms with Gasteiger partial charge in [0.2, 0.25) is 0 Å². The van der Waals surface area contributed by atoms with Crippen LogP contribution in [0.5, 0.6) is 0 Å². The van der Waals surface area contributed by atoms with Crippen molar-refractivity contribution >= 4 is 5.97 Å². The monoisotopic (exact) mass is 147 g/mol. The maximum Gasteiger partial charge on any atom is 0.303 e. The van der Waals surface area contributed by atoms with Crippen LogP contribution in [0.4, 0.5) is 0 Å². The fourth-order valence-electron chi connectivity index (χ4n) is 0.472. The zero-order chi connectivity index (χ0) is 8.20. The summed E-state index contributed by atoms with van der Waals surface area (Å²) in [7, 11) is 0. The minimum absolute atomic E-state index is 0.00750. The summed E-state index contributed by atoms with van der Waals surface area (Å²) in [5.41, 5.74) is 4.70. The molecule has 0 amide bonds. The summed E-state index contributed by atoms with van der Waals surface area (Å²) >= 11 is 0. The molecule has 60 valence electrons. The fourth-order valence-corrected chi connectivity index (χ4v) is 0.472. The lowest BCUT2D eigenvalue weighted by Gasteiger charge is -2.19. The molecule has 0 spiro atoms. The van der Waals surface area contributed by atoms with Gasteiger partial charge >= 0.3 is 5.97 Å². The Bertz CT molecular complexity index is 122. The highest BCUT2D eigenvalue weighted by molar-refractivity contribution is 5.66. The number of carbonyl (C=O) groups is 1. The van der Waals surface area contributed by atoms with E-state index in [2.05, 4.69) is 0 Å². The van der Waals surface area contributed by atoms with E-state index in [0.717, 1.165) is 0 Å². The van der Waals surface area contributed by atoms with Crippen LogP contribution in [0.2, 0.25) is 0 Å². The summed E-state index contributed by atoms with van der Waals surface area (Å²) in [5, 5.41) is 16.8. The van der Waals surface area contributed by atoms with Gasteiger partial charge in [0.05, 0.1) is 6.61 Å². The number of aliphatic hydroxyl groups is 1. The molecule has 4 heteroatoms. The first-order valence-corrected chi connectivity index (χ1v) is 3.09. The van der Waals surface area contributed by atoms with Crippen molar-refractivity contribution in [2.45, 2.75) is 25.3 Å². The quantitative estimate of drug-likeness (QED) is 0.503. The predicted molar refractivity (Wildman–Crippen MR) is 36.5 cm³/mol. The number of carboxylic acid groups (broad SMARTS) is 1. The molecule has 0 aliphatic rings. The molecule has 4 nitrogen and oxygen atoms in total. The van der Waals surface area contributed by atoms with Crippen LogP contribution in [0, 0.1) is 0 Å². The van der Waals surface area contributed by atoms with E-state index in [4.69, 9.17) is 15.9 Å². The summed E-state index contributed by atoms with van der Waals surface area (Å²) in [4.78, 5) is 10.0. The smallest absolute Gasteiger partial charge is 0.303 e. The number of nitrogens with two attached hydrogens (primary N) is 1. The third-order valence-corrected chi connectivity index (χ3v) is 1.27. The lowest BCUT2D eigenvalue weighted by atomic mass is 9.99. The van der Waals surface area contributed by atoms with E-state index < -0.39 is 11.5 Å². The zero-order valence-electron chi connectivity index (χ0n) is 6.00. The molecule has 0 aromatic rings. The molecule has 0 saturated carbocycles. The SMILES string of the molecule is CC(N)(CO)CCC(=O)O. The molecular weight excluding hydrogens is 134 g/mol. The Kier molecular flexibility index (Phi) is 3.32. The first kappa shape index (κ1) is 9.39. The van der Waals surface area contributed by atoms with Gasteiger partial charge in [0.1, 0.15) is 0 Å². The largest absolute Gasteiger partial charge is 0.481 e. The second-order valence-electron chi connectivity index (χ2n) is 2.71. The lowest BCUT2D eigenvalue weighted by Crippen LogP contribution is -2.40. The molecule has 0 aliphatic carbocycles.